The fraction of sp³-hybridized carbons (Fsp3) is 0.250. The van der Waals surface area contributed by atoms with Gasteiger partial charge in [0.1, 0.15) is 9.85 Å². The minimum Gasteiger partial charge on any atom is -0.258 e. The number of nitro groups is 2. The van der Waals surface area contributed by atoms with Crippen molar-refractivity contribution in [1.82, 2.24) is 0 Å². The molecule has 7 nitrogen and oxygen atoms in total. The summed E-state index contributed by atoms with van der Waals surface area (Å²) in [6, 6.07) is 1.42. The summed E-state index contributed by atoms with van der Waals surface area (Å²) < 4.78 is 0. The Bertz CT molecular complexity index is 231. The molecule has 0 atom stereocenters. The van der Waals surface area contributed by atoms with Crippen LogP contribution in [0.3, 0.4) is 0 Å². The fourth-order valence-corrected chi connectivity index (χ4v) is 0.347. The zero-order valence-electron chi connectivity index (χ0n) is 6.21. The Hall–Kier alpha value is -0.334. The van der Waals surface area contributed by atoms with Crippen LogP contribution in [0.4, 0.5) is 0 Å². The number of nitrogens with zero attached hydrogens (tertiary/aromatic N) is 3. The van der Waals surface area contributed by atoms with Crippen molar-refractivity contribution in [2.45, 2.75) is 6.17 Å². The largest absolute Gasteiger partial charge is 1.00 e. The predicted octanol–water partition coefficient (Wildman–Crippen LogP) is -3.05. The topological polar surface area (TPSA) is 110 Å². The molecule has 0 saturated carbocycles. The van der Waals surface area contributed by atoms with Crippen LogP contribution in [0, 0.1) is 31.6 Å². The van der Waals surface area contributed by atoms with Gasteiger partial charge in [0.25, 0.3) is 0 Å². The zero-order chi connectivity index (χ0) is 8.85. The average molecular weight is 196 g/mol. The Labute approximate surface area is 110 Å². The third-order valence-corrected chi connectivity index (χ3v) is 0.775. The van der Waals surface area contributed by atoms with Crippen molar-refractivity contribution >= 4 is 0 Å². The van der Waals surface area contributed by atoms with E-state index in [4.69, 9.17) is 5.26 Å². The van der Waals surface area contributed by atoms with Crippen LogP contribution in [0.2, 0.25) is 0 Å². The van der Waals surface area contributed by atoms with E-state index in [-0.39, 0.29) is 51.4 Å². The molecule has 0 aliphatic carbocycles. The van der Waals surface area contributed by atoms with E-state index in [2.05, 4.69) is 0 Å². The van der Waals surface area contributed by atoms with E-state index < -0.39 is 16.0 Å². The molecule has 0 bridgehead atoms. The second-order valence-electron chi connectivity index (χ2n) is 1.47. The van der Waals surface area contributed by atoms with Crippen LogP contribution in [-0.4, -0.2) is 16.0 Å². The summed E-state index contributed by atoms with van der Waals surface area (Å²) in [6.45, 7) is 0. The van der Waals surface area contributed by atoms with E-state index in [1.54, 1.807) is 0 Å². The van der Waals surface area contributed by atoms with E-state index >= 15 is 0 Å². The molecule has 0 heterocycles. The second kappa shape index (κ2) is 7.32. The summed E-state index contributed by atoms with van der Waals surface area (Å²) in [6.07, 6.45) is -0.703. The first-order valence-electron chi connectivity index (χ1n) is 2.43. The van der Waals surface area contributed by atoms with E-state index in [0.717, 1.165) is 0 Å². The van der Waals surface area contributed by atoms with Crippen molar-refractivity contribution in [3.63, 3.8) is 0 Å². The molecule has 0 rings (SSSR count). The monoisotopic (exact) mass is 196 g/mol. The number of hydrogen-bond acceptors (Lipinski definition) is 5. The van der Waals surface area contributed by atoms with Crippen LogP contribution < -0.4 is 51.4 Å². The van der Waals surface area contributed by atoms with Crippen LogP contribution in [0.15, 0.2) is 12.2 Å². The summed E-state index contributed by atoms with van der Waals surface area (Å²) in [5.74, 6) is 0. The van der Waals surface area contributed by atoms with Gasteiger partial charge in [-0.25, -0.2) is 0 Å². The van der Waals surface area contributed by atoms with Crippen LogP contribution in [0.5, 0.6) is 0 Å². The van der Waals surface area contributed by atoms with Gasteiger partial charge in [0.05, 0.1) is 12.1 Å². The van der Waals surface area contributed by atoms with Gasteiger partial charge in [-0.1, -0.05) is 0 Å². The maximum Gasteiger partial charge on any atom is 1.00 e. The van der Waals surface area contributed by atoms with Crippen molar-refractivity contribution in [3.05, 3.63) is 32.4 Å². The molecule has 8 heteroatoms. The number of rotatable bonds is 3. The van der Waals surface area contributed by atoms with Gasteiger partial charge in [0.2, 0.25) is 0 Å². The quantitative estimate of drug-likeness (QED) is 0.156. The fourth-order valence-electron chi connectivity index (χ4n) is 0.347. The molecule has 0 aliphatic heterocycles. The molecular weight excluding hydrogens is 193 g/mol. The maximum absolute atomic E-state index is 9.85. The first-order valence-corrected chi connectivity index (χ1v) is 2.43. The Morgan fingerprint density at radius 3 is 2.00 bits per heavy atom. The van der Waals surface area contributed by atoms with Crippen LogP contribution in [0.25, 0.3) is 0 Å². The van der Waals surface area contributed by atoms with E-state index in [0.29, 0.717) is 12.2 Å². The standard InChI is InChI=1S/C4H3N3O4.K/c5-3-1-2-4(6(8)9)7(10)11;/h1-2,4H;/q;+1/b2-1+;. The van der Waals surface area contributed by atoms with Crippen molar-refractivity contribution < 1.29 is 61.2 Å². The normalized spacial score (nSPS) is 9.00. The summed E-state index contributed by atoms with van der Waals surface area (Å²) in [7, 11) is 0. The van der Waals surface area contributed by atoms with Gasteiger partial charge >= 0.3 is 57.6 Å². The van der Waals surface area contributed by atoms with Crippen LogP contribution in [0.1, 0.15) is 0 Å². The van der Waals surface area contributed by atoms with Crippen molar-refractivity contribution in [2.75, 3.05) is 0 Å². The Morgan fingerprint density at radius 2 is 1.75 bits per heavy atom. The third-order valence-electron chi connectivity index (χ3n) is 0.775. The summed E-state index contributed by atoms with van der Waals surface area (Å²) in [5, 5.41) is 27.6. The van der Waals surface area contributed by atoms with E-state index in [1.165, 1.54) is 6.07 Å². The number of hydrogen-bond donors (Lipinski definition) is 0. The van der Waals surface area contributed by atoms with E-state index in [9.17, 15) is 20.2 Å². The van der Waals surface area contributed by atoms with Gasteiger partial charge in [-0.2, -0.15) is 5.26 Å². The van der Waals surface area contributed by atoms with Crippen LogP contribution >= 0.6 is 0 Å². The average Bonchev–Trinajstić information content (AvgIpc) is 1.87. The molecule has 0 fully saturated rings. The molecule has 0 N–H and O–H groups in total. The third kappa shape index (κ3) is 5.33. The minimum atomic E-state index is -2.02. The molecule has 0 unspecified atom stereocenters. The zero-order valence-corrected chi connectivity index (χ0v) is 9.33. The van der Waals surface area contributed by atoms with Gasteiger partial charge in [0, 0.05) is 6.08 Å². The van der Waals surface area contributed by atoms with Crippen LogP contribution in [-0.2, 0) is 0 Å². The molecule has 0 radical (unpaired) electrons. The van der Waals surface area contributed by atoms with Crippen molar-refractivity contribution in [1.29, 1.82) is 5.26 Å². The molecule has 12 heavy (non-hydrogen) atoms. The first-order chi connectivity index (χ1) is 5.09. The predicted molar refractivity (Wildman–Crippen MR) is 32.5 cm³/mol. The minimum absolute atomic E-state index is 0. The molecule has 58 valence electrons. The number of allylic oxidation sites excluding steroid dienone is 1. The van der Waals surface area contributed by atoms with Crippen molar-refractivity contribution in [2.24, 2.45) is 0 Å². The van der Waals surface area contributed by atoms with Crippen molar-refractivity contribution in [3.8, 4) is 6.07 Å². The second-order valence-corrected chi connectivity index (χ2v) is 1.47. The SMILES string of the molecule is N#C/C=C/C([N+](=O)[O-])[N+](=O)[O-].[K+]. The van der Waals surface area contributed by atoms with Gasteiger partial charge in [-0.3, -0.25) is 20.2 Å². The number of nitriles is 1. The Balaban J connectivity index is 0. The molecule has 0 spiro atoms. The van der Waals surface area contributed by atoms with Gasteiger partial charge in [-0.15, -0.1) is 0 Å². The first kappa shape index (κ1) is 14.2. The van der Waals surface area contributed by atoms with Gasteiger partial charge in [-0.05, 0) is 0 Å². The summed E-state index contributed by atoms with van der Waals surface area (Å²) in [4.78, 5) is 17.5. The van der Waals surface area contributed by atoms with Gasteiger partial charge < -0.3 is 0 Å². The Kier molecular flexibility index (Phi) is 8.67. The molecule has 0 aromatic rings. The molecule has 0 aliphatic rings. The maximum atomic E-state index is 9.85. The molecule has 0 aromatic heterocycles. The molecule has 0 aromatic carbocycles. The molecular formula is C4H3KN3O4+. The Morgan fingerprint density at radius 1 is 1.33 bits per heavy atom. The molecule has 0 amide bonds. The summed E-state index contributed by atoms with van der Waals surface area (Å²) in [5.41, 5.74) is 0. The van der Waals surface area contributed by atoms with E-state index in [1.807, 2.05) is 0 Å². The summed E-state index contributed by atoms with van der Waals surface area (Å²) >= 11 is 0. The van der Waals surface area contributed by atoms with Gasteiger partial charge in [0.15, 0.2) is 0 Å². The smallest absolute Gasteiger partial charge is 0.258 e. The molecule has 0 saturated heterocycles.